The van der Waals surface area contributed by atoms with Crippen molar-refractivity contribution in [2.45, 2.75) is 18.4 Å². The van der Waals surface area contributed by atoms with E-state index in [1.165, 1.54) is 17.8 Å². The highest BCUT2D eigenvalue weighted by Gasteiger charge is 2.38. The van der Waals surface area contributed by atoms with Gasteiger partial charge in [0.2, 0.25) is 0 Å². The van der Waals surface area contributed by atoms with Crippen molar-refractivity contribution in [2.24, 2.45) is 0 Å². The van der Waals surface area contributed by atoms with Crippen LogP contribution in [0.4, 0.5) is 11.5 Å². The van der Waals surface area contributed by atoms with Gasteiger partial charge in [-0.3, -0.25) is 10.1 Å². The maximum atomic E-state index is 10.7. The van der Waals surface area contributed by atoms with E-state index in [9.17, 15) is 10.1 Å². The van der Waals surface area contributed by atoms with Crippen LogP contribution >= 0.6 is 15.9 Å². The van der Waals surface area contributed by atoms with Crippen LogP contribution in [0.25, 0.3) is 0 Å². The zero-order valence-electron chi connectivity index (χ0n) is 10.5. The van der Waals surface area contributed by atoms with Crippen LogP contribution in [0.1, 0.15) is 17.9 Å². The lowest BCUT2D eigenvalue weighted by atomic mass is 10.1. The molecule has 6 heteroatoms. The van der Waals surface area contributed by atoms with E-state index in [4.69, 9.17) is 0 Å². The molecule has 0 spiro atoms. The predicted octanol–water partition coefficient (Wildman–Crippen LogP) is 3.72. The number of hydrogen-bond donors (Lipinski definition) is 1. The number of aromatic nitrogens is 1. The molecule has 102 valence electrons. The Morgan fingerprint density at radius 3 is 2.75 bits per heavy atom. The maximum absolute atomic E-state index is 10.7. The molecule has 1 fully saturated rings. The lowest BCUT2D eigenvalue weighted by molar-refractivity contribution is -0.385. The highest BCUT2D eigenvalue weighted by molar-refractivity contribution is 9.10. The number of hydrogen-bond acceptors (Lipinski definition) is 4. The van der Waals surface area contributed by atoms with Crippen molar-refractivity contribution in [3.63, 3.8) is 0 Å². The van der Waals surface area contributed by atoms with Gasteiger partial charge in [0.1, 0.15) is 12.0 Å². The number of pyridine rings is 1. The fourth-order valence-corrected chi connectivity index (χ4v) is 2.68. The Balaban J connectivity index is 1.70. The molecule has 5 nitrogen and oxygen atoms in total. The summed E-state index contributed by atoms with van der Waals surface area (Å²) in [7, 11) is 0. The Morgan fingerprint density at radius 1 is 1.35 bits per heavy atom. The summed E-state index contributed by atoms with van der Waals surface area (Å²) >= 11 is 3.32. The lowest BCUT2D eigenvalue weighted by Crippen LogP contribution is -2.06. The molecular formula is C14H12BrN3O2. The molecule has 0 aliphatic heterocycles. The largest absolute Gasteiger partial charge is 0.366 e. The van der Waals surface area contributed by atoms with E-state index in [-0.39, 0.29) is 5.69 Å². The fourth-order valence-electron chi connectivity index (χ4n) is 2.23. The number of nitrogens with zero attached hydrogens (tertiary/aromatic N) is 2. The fraction of sp³-hybridized carbons (Fsp3) is 0.214. The Bertz CT molecular complexity index is 648. The summed E-state index contributed by atoms with van der Waals surface area (Å²) in [5.41, 5.74) is 1.29. The molecule has 1 aliphatic rings. The van der Waals surface area contributed by atoms with Gasteiger partial charge in [0.15, 0.2) is 0 Å². The Labute approximate surface area is 124 Å². The molecule has 0 amide bonds. The summed E-state index contributed by atoms with van der Waals surface area (Å²) in [5.74, 6) is 1.14. The van der Waals surface area contributed by atoms with Crippen molar-refractivity contribution in [1.29, 1.82) is 0 Å². The summed E-state index contributed by atoms with van der Waals surface area (Å²) in [6.45, 7) is 0. The zero-order valence-corrected chi connectivity index (χ0v) is 12.1. The Kier molecular flexibility index (Phi) is 3.40. The molecule has 3 rings (SSSR count). The minimum Gasteiger partial charge on any atom is -0.366 e. The first kappa shape index (κ1) is 13.1. The highest BCUT2D eigenvalue weighted by atomic mass is 79.9. The third-order valence-corrected chi connectivity index (χ3v) is 3.98. The van der Waals surface area contributed by atoms with Crippen LogP contribution in [-0.2, 0) is 0 Å². The molecule has 1 saturated carbocycles. The van der Waals surface area contributed by atoms with Crippen LogP contribution in [-0.4, -0.2) is 15.9 Å². The van der Waals surface area contributed by atoms with Crippen LogP contribution in [0, 0.1) is 10.1 Å². The molecule has 1 aromatic carbocycles. The van der Waals surface area contributed by atoms with Crippen LogP contribution in [0.2, 0.25) is 0 Å². The summed E-state index contributed by atoms with van der Waals surface area (Å²) in [6.07, 6.45) is 2.32. The number of rotatable bonds is 4. The van der Waals surface area contributed by atoms with Gasteiger partial charge in [-0.2, -0.15) is 0 Å². The molecule has 2 aromatic rings. The SMILES string of the molecule is O=[N+]([O-])c1cnc(NC2CC2c2ccccc2)c(Br)c1. The highest BCUT2D eigenvalue weighted by Crippen LogP contribution is 2.43. The minimum atomic E-state index is -0.453. The van der Waals surface area contributed by atoms with Crippen LogP contribution in [0.5, 0.6) is 0 Å². The van der Waals surface area contributed by atoms with Crippen LogP contribution in [0.15, 0.2) is 47.1 Å². The van der Waals surface area contributed by atoms with E-state index in [2.05, 4.69) is 38.4 Å². The molecule has 1 heterocycles. The third-order valence-electron chi connectivity index (χ3n) is 3.38. The van der Waals surface area contributed by atoms with Crippen molar-refractivity contribution < 1.29 is 4.92 Å². The van der Waals surface area contributed by atoms with Gasteiger partial charge in [-0.05, 0) is 27.9 Å². The van der Waals surface area contributed by atoms with E-state index in [1.54, 1.807) is 0 Å². The van der Waals surface area contributed by atoms with Crippen molar-refractivity contribution >= 4 is 27.4 Å². The van der Waals surface area contributed by atoms with Gasteiger partial charge in [-0.25, -0.2) is 4.98 Å². The second-order valence-electron chi connectivity index (χ2n) is 4.78. The smallest absolute Gasteiger partial charge is 0.288 e. The van der Waals surface area contributed by atoms with Gasteiger partial charge >= 0.3 is 0 Å². The topological polar surface area (TPSA) is 68.1 Å². The molecule has 0 bridgehead atoms. The van der Waals surface area contributed by atoms with E-state index in [1.807, 2.05) is 18.2 Å². The molecule has 1 aromatic heterocycles. The first-order valence-corrected chi connectivity index (χ1v) is 7.06. The number of benzene rings is 1. The second-order valence-corrected chi connectivity index (χ2v) is 5.64. The third kappa shape index (κ3) is 2.65. The lowest BCUT2D eigenvalue weighted by Gasteiger charge is -2.07. The average Bonchev–Trinajstić information content (AvgIpc) is 3.21. The van der Waals surface area contributed by atoms with E-state index < -0.39 is 4.92 Å². The Morgan fingerprint density at radius 2 is 2.10 bits per heavy atom. The monoisotopic (exact) mass is 333 g/mol. The summed E-state index contributed by atoms with van der Waals surface area (Å²) in [6, 6.07) is 12.1. The van der Waals surface area contributed by atoms with Crippen LogP contribution in [0.3, 0.4) is 0 Å². The molecule has 2 atom stereocenters. The van der Waals surface area contributed by atoms with Crippen LogP contribution < -0.4 is 5.32 Å². The molecule has 1 aliphatic carbocycles. The molecule has 0 saturated heterocycles. The number of anilines is 1. The maximum Gasteiger partial charge on any atom is 0.288 e. The van der Waals surface area contributed by atoms with E-state index in [0.29, 0.717) is 22.3 Å². The molecule has 2 unspecified atom stereocenters. The summed E-state index contributed by atoms with van der Waals surface area (Å²) in [4.78, 5) is 14.3. The first-order chi connectivity index (χ1) is 9.65. The van der Waals surface area contributed by atoms with E-state index >= 15 is 0 Å². The van der Waals surface area contributed by atoms with E-state index in [0.717, 1.165) is 6.42 Å². The first-order valence-electron chi connectivity index (χ1n) is 6.26. The quantitative estimate of drug-likeness (QED) is 0.683. The minimum absolute atomic E-state index is 0.0159. The van der Waals surface area contributed by atoms with Gasteiger partial charge in [0.25, 0.3) is 5.69 Å². The number of nitrogens with one attached hydrogen (secondary N) is 1. The van der Waals surface area contributed by atoms with Gasteiger partial charge in [-0.1, -0.05) is 30.3 Å². The zero-order chi connectivity index (χ0) is 14.1. The number of halogens is 1. The summed E-state index contributed by atoms with van der Waals surface area (Å²) in [5, 5.41) is 14.0. The molecular weight excluding hydrogens is 322 g/mol. The number of nitro groups is 1. The van der Waals surface area contributed by atoms with Gasteiger partial charge in [0.05, 0.1) is 9.40 Å². The van der Waals surface area contributed by atoms with Crippen molar-refractivity contribution in [3.8, 4) is 0 Å². The molecule has 1 N–H and O–H groups in total. The normalized spacial score (nSPS) is 20.4. The average molecular weight is 334 g/mol. The molecule has 0 radical (unpaired) electrons. The van der Waals surface area contributed by atoms with Crippen molar-refractivity contribution in [1.82, 2.24) is 4.98 Å². The van der Waals surface area contributed by atoms with Gasteiger partial charge < -0.3 is 5.32 Å². The van der Waals surface area contributed by atoms with Gasteiger partial charge in [0, 0.05) is 18.0 Å². The van der Waals surface area contributed by atoms with Crippen molar-refractivity contribution in [2.75, 3.05) is 5.32 Å². The van der Waals surface area contributed by atoms with Gasteiger partial charge in [-0.15, -0.1) is 0 Å². The second kappa shape index (κ2) is 5.20. The standard InChI is InChI=1S/C14H12BrN3O2/c15-12-6-10(18(19)20)8-16-14(12)17-13-7-11(13)9-4-2-1-3-5-9/h1-6,8,11,13H,7H2,(H,16,17). The Hall–Kier alpha value is -1.95. The predicted molar refractivity (Wildman–Crippen MR) is 79.8 cm³/mol. The van der Waals surface area contributed by atoms with Crippen molar-refractivity contribution in [3.05, 3.63) is 62.7 Å². The summed E-state index contributed by atoms with van der Waals surface area (Å²) < 4.78 is 0.616. The molecule has 20 heavy (non-hydrogen) atoms.